The lowest BCUT2D eigenvalue weighted by Crippen LogP contribution is -2.41. The molecule has 21 heavy (non-hydrogen) atoms. The van der Waals surface area contributed by atoms with Gasteiger partial charge in [0.25, 0.3) is 5.91 Å². The van der Waals surface area contributed by atoms with E-state index in [9.17, 15) is 4.79 Å². The molecular formula is C16H18ClN3O. The third-order valence-electron chi connectivity index (χ3n) is 4.20. The second-order valence-corrected chi connectivity index (χ2v) is 5.89. The van der Waals surface area contributed by atoms with Crippen LogP contribution in [0.4, 0.5) is 5.69 Å². The maximum atomic E-state index is 12.8. The van der Waals surface area contributed by atoms with Gasteiger partial charge in [0.15, 0.2) is 0 Å². The Morgan fingerprint density at radius 1 is 1.29 bits per heavy atom. The van der Waals surface area contributed by atoms with Gasteiger partial charge in [-0.25, -0.2) is 0 Å². The van der Waals surface area contributed by atoms with E-state index in [1.54, 1.807) is 18.2 Å². The summed E-state index contributed by atoms with van der Waals surface area (Å²) >= 11 is 5.90. The number of nitrogen functional groups attached to an aromatic ring is 1. The number of nitrogens with zero attached hydrogens (tertiary/aromatic N) is 2. The molecule has 0 fully saturated rings. The van der Waals surface area contributed by atoms with Gasteiger partial charge in [-0.3, -0.25) is 4.79 Å². The molecule has 0 aliphatic carbocycles. The Labute approximate surface area is 129 Å². The molecule has 2 heterocycles. The zero-order valence-electron chi connectivity index (χ0n) is 12.1. The Hall–Kier alpha value is -1.94. The van der Waals surface area contributed by atoms with Crippen molar-refractivity contribution in [2.45, 2.75) is 26.4 Å². The fourth-order valence-electron chi connectivity index (χ4n) is 2.98. The van der Waals surface area contributed by atoms with Gasteiger partial charge in [0, 0.05) is 35.2 Å². The van der Waals surface area contributed by atoms with E-state index in [1.165, 1.54) is 11.4 Å². The fraction of sp³-hybridized carbons (Fsp3) is 0.312. The van der Waals surface area contributed by atoms with Crippen LogP contribution < -0.4 is 5.73 Å². The maximum Gasteiger partial charge on any atom is 0.256 e. The molecule has 0 bridgehead atoms. The first-order chi connectivity index (χ1) is 9.99. The fourth-order valence-corrected chi connectivity index (χ4v) is 3.16. The number of rotatable bonds is 1. The van der Waals surface area contributed by atoms with Gasteiger partial charge in [0.05, 0.1) is 11.6 Å². The Balaban J connectivity index is 1.93. The minimum atomic E-state index is -0.0400. The molecule has 1 aromatic carbocycles. The predicted molar refractivity (Wildman–Crippen MR) is 84.5 cm³/mol. The topological polar surface area (TPSA) is 51.3 Å². The van der Waals surface area contributed by atoms with E-state index in [0.717, 1.165) is 6.54 Å². The molecule has 110 valence electrons. The van der Waals surface area contributed by atoms with Crippen molar-refractivity contribution < 1.29 is 4.79 Å². The van der Waals surface area contributed by atoms with Crippen molar-refractivity contribution in [2.75, 3.05) is 12.3 Å². The highest BCUT2D eigenvalue weighted by Gasteiger charge is 2.29. The van der Waals surface area contributed by atoms with Gasteiger partial charge in [0.1, 0.15) is 0 Å². The largest absolute Gasteiger partial charge is 0.398 e. The summed E-state index contributed by atoms with van der Waals surface area (Å²) in [5, 5.41) is 0.542. The lowest BCUT2D eigenvalue weighted by atomic mass is 10.1. The van der Waals surface area contributed by atoms with E-state index in [0.29, 0.717) is 22.8 Å². The summed E-state index contributed by atoms with van der Waals surface area (Å²) in [6.45, 7) is 5.64. The molecule has 0 spiro atoms. The first-order valence-corrected chi connectivity index (χ1v) is 7.39. The van der Waals surface area contributed by atoms with Crippen LogP contribution >= 0.6 is 11.6 Å². The average molecular weight is 304 g/mol. The number of aromatic nitrogens is 1. The number of carbonyl (C=O) groups is 1. The molecular weight excluding hydrogens is 286 g/mol. The van der Waals surface area contributed by atoms with E-state index in [1.807, 2.05) is 4.90 Å². The Morgan fingerprint density at radius 3 is 2.76 bits per heavy atom. The maximum absolute atomic E-state index is 12.8. The van der Waals surface area contributed by atoms with Gasteiger partial charge in [-0.15, -0.1) is 0 Å². The van der Waals surface area contributed by atoms with Crippen molar-refractivity contribution in [3.05, 3.63) is 52.3 Å². The number of hydrogen-bond donors (Lipinski definition) is 1. The van der Waals surface area contributed by atoms with Gasteiger partial charge in [-0.2, -0.15) is 0 Å². The van der Waals surface area contributed by atoms with Crippen LogP contribution in [0, 0.1) is 6.92 Å². The summed E-state index contributed by atoms with van der Waals surface area (Å²) in [4.78, 5) is 14.6. The molecule has 0 saturated carbocycles. The van der Waals surface area contributed by atoms with Crippen LogP contribution in [0.1, 0.15) is 34.7 Å². The normalized spacial score (nSPS) is 17.7. The van der Waals surface area contributed by atoms with E-state index in [-0.39, 0.29) is 11.9 Å². The second-order valence-electron chi connectivity index (χ2n) is 5.46. The second kappa shape index (κ2) is 5.11. The summed E-state index contributed by atoms with van der Waals surface area (Å²) < 4.78 is 2.26. The molecule has 1 aromatic heterocycles. The van der Waals surface area contributed by atoms with Crippen molar-refractivity contribution in [1.29, 1.82) is 0 Å². The number of carbonyl (C=O) groups excluding carboxylic acids is 1. The van der Waals surface area contributed by atoms with E-state index < -0.39 is 0 Å². The van der Waals surface area contributed by atoms with Crippen LogP contribution in [0.2, 0.25) is 5.02 Å². The number of benzene rings is 1. The van der Waals surface area contributed by atoms with Crippen molar-refractivity contribution in [3.8, 4) is 0 Å². The van der Waals surface area contributed by atoms with E-state index in [2.05, 4.69) is 30.5 Å². The summed E-state index contributed by atoms with van der Waals surface area (Å²) in [5.74, 6) is -0.0400. The molecule has 1 aliphatic rings. The first kappa shape index (κ1) is 14.0. The number of anilines is 1. The van der Waals surface area contributed by atoms with Crippen LogP contribution in [0.3, 0.4) is 0 Å². The average Bonchev–Trinajstić information content (AvgIpc) is 2.81. The molecule has 1 atom stereocenters. The molecule has 0 saturated heterocycles. The predicted octanol–water partition coefficient (Wildman–Crippen LogP) is 3.25. The van der Waals surface area contributed by atoms with Gasteiger partial charge >= 0.3 is 0 Å². The molecule has 2 N–H and O–H groups in total. The monoisotopic (exact) mass is 303 g/mol. The number of hydrogen-bond acceptors (Lipinski definition) is 2. The minimum Gasteiger partial charge on any atom is -0.398 e. The molecule has 0 radical (unpaired) electrons. The standard InChI is InChI=1S/C16H18ClN3O/c1-10-3-6-15-11(2)20(8-7-19(10)15)16(21)13-5-4-12(17)9-14(13)18/h3-6,9,11H,7-8,18H2,1-2H3. The van der Waals surface area contributed by atoms with Crippen molar-refractivity contribution >= 4 is 23.2 Å². The van der Waals surface area contributed by atoms with Gasteiger partial charge < -0.3 is 15.2 Å². The van der Waals surface area contributed by atoms with Gasteiger partial charge in [-0.1, -0.05) is 11.6 Å². The number of amides is 1. The summed E-state index contributed by atoms with van der Waals surface area (Å²) in [5.41, 5.74) is 9.28. The summed E-state index contributed by atoms with van der Waals surface area (Å²) in [6.07, 6.45) is 0. The van der Waals surface area contributed by atoms with Crippen molar-refractivity contribution in [1.82, 2.24) is 9.47 Å². The van der Waals surface area contributed by atoms with Crippen molar-refractivity contribution in [3.63, 3.8) is 0 Å². The Kier molecular flexibility index (Phi) is 3.41. The van der Waals surface area contributed by atoms with E-state index in [4.69, 9.17) is 17.3 Å². The molecule has 2 aromatic rings. The molecule has 1 unspecified atom stereocenters. The van der Waals surface area contributed by atoms with Crippen LogP contribution in [0.15, 0.2) is 30.3 Å². The SMILES string of the molecule is Cc1ccc2n1CCN(C(=O)c1ccc(Cl)cc1N)C2C. The van der Waals surface area contributed by atoms with Crippen LogP contribution in [0.25, 0.3) is 0 Å². The Morgan fingerprint density at radius 2 is 2.05 bits per heavy atom. The highest BCUT2D eigenvalue weighted by atomic mass is 35.5. The minimum absolute atomic E-state index is 0.0371. The Bertz CT molecular complexity index is 708. The van der Waals surface area contributed by atoms with Gasteiger partial charge in [0.2, 0.25) is 0 Å². The van der Waals surface area contributed by atoms with Gasteiger partial charge in [-0.05, 0) is 44.2 Å². The summed E-state index contributed by atoms with van der Waals surface area (Å²) in [6, 6.07) is 9.24. The van der Waals surface area contributed by atoms with E-state index >= 15 is 0 Å². The van der Waals surface area contributed by atoms with Crippen molar-refractivity contribution in [2.24, 2.45) is 0 Å². The number of nitrogens with two attached hydrogens (primary N) is 1. The van der Waals surface area contributed by atoms with Crippen LogP contribution in [0.5, 0.6) is 0 Å². The molecule has 1 aliphatic heterocycles. The number of fused-ring (bicyclic) bond motifs is 1. The number of halogens is 1. The number of aryl methyl sites for hydroxylation is 1. The summed E-state index contributed by atoms with van der Waals surface area (Å²) in [7, 11) is 0. The lowest BCUT2D eigenvalue weighted by molar-refractivity contribution is 0.0644. The van der Waals surface area contributed by atoms with Crippen LogP contribution in [-0.2, 0) is 6.54 Å². The zero-order valence-corrected chi connectivity index (χ0v) is 12.9. The third-order valence-corrected chi connectivity index (χ3v) is 4.43. The molecule has 1 amide bonds. The highest BCUT2D eigenvalue weighted by molar-refractivity contribution is 6.31. The molecule has 3 rings (SSSR count). The first-order valence-electron chi connectivity index (χ1n) is 7.01. The smallest absolute Gasteiger partial charge is 0.256 e. The lowest BCUT2D eigenvalue weighted by Gasteiger charge is -2.35. The highest BCUT2D eigenvalue weighted by Crippen LogP contribution is 2.30. The van der Waals surface area contributed by atoms with Crippen LogP contribution in [-0.4, -0.2) is 21.9 Å². The molecule has 5 heteroatoms. The third kappa shape index (κ3) is 2.29. The quantitative estimate of drug-likeness (QED) is 0.822. The molecule has 4 nitrogen and oxygen atoms in total. The zero-order chi connectivity index (χ0) is 15.1.